The summed E-state index contributed by atoms with van der Waals surface area (Å²) in [4.78, 5) is 17.5. The average Bonchev–Trinajstić information content (AvgIpc) is 2.68. The zero-order valence-corrected chi connectivity index (χ0v) is 16.3. The van der Waals surface area contributed by atoms with Crippen LogP contribution in [-0.2, 0) is 0 Å². The van der Waals surface area contributed by atoms with Crippen LogP contribution in [0.4, 0.5) is 0 Å². The molecule has 0 radical (unpaired) electrons. The standard InChI is InChI=1S/C20H23N3O5/c1-11-7-13(8-12(2)18(11)28-6-5-24)19-22-15-9-14(26-3)10-16(27-4)17(15)20(25)23(19)21/h7-10,24H,5-6,21H2,1-4H3. The second-order valence-corrected chi connectivity index (χ2v) is 6.35. The molecule has 1 heterocycles. The van der Waals surface area contributed by atoms with Crippen LogP contribution in [0.25, 0.3) is 22.3 Å². The van der Waals surface area contributed by atoms with Crippen molar-refractivity contribution in [1.82, 2.24) is 9.66 Å². The fourth-order valence-electron chi connectivity index (χ4n) is 3.20. The Morgan fingerprint density at radius 1 is 1.11 bits per heavy atom. The summed E-state index contributed by atoms with van der Waals surface area (Å²) in [7, 11) is 3.00. The number of methoxy groups -OCH3 is 2. The molecule has 0 saturated carbocycles. The number of nitrogens with zero attached hydrogens (tertiary/aromatic N) is 2. The molecule has 0 aliphatic rings. The molecule has 2 aromatic carbocycles. The maximum Gasteiger partial charge on any atom is 0.283 e. The van der Waals surface area contributed by atoms with Crippen LogP contribution >= 0.6 is 0 Å². The molecule has 0 aliphatic carbocycles. The van der Waals surface area contributed by atoms with E-state index in [2.05, 4.69) is 4.98 Å². The minimum Gasteiger partial charge on any atom is -0.497 e. The highest BCUT2D eigenvalue weighted by Crippen LogP contribution is 2.32. The summed E-state index contributed by atoms with van der Waals surface area (Å²) in [6.07, 6.45) is 0. The number of benzene rings is 2. The van der Waals surface area contributed by atoms with Crippen molar-refractivity contribution in [3.05, 3.63) is 45.7 Å². The predicted octanol–water partition coefficient (Wildman–Crippen LogP) is 1.78. The minimum absolute atomic E-state index is 0.0706. The van der Waals surface area contributed by atoms with Gasteiger partial charge >= 0.3 is 0 Å². The largest absolute Gasteiger partial charge is 0.497 e. The predicted molar refractivity (Wildman–Crippen MR) is 107 cm³/mol. The molecule has 0 atom stereocenters. The zero-order chi connectivity index (χ0) is 20.4. The quantitative estimate of drug-likeness (QED) is 0.623. The van der Waals surface area contributed by atoms with Crippen LogP contribution in [0.2, 0.25) is 0 Å². The molecular weight excluding hydrogens is 362 g/mol. The van der Waals surface area contributed by atoms with E-state index in [1.165, 1.54) is 14.2 Å². The second kappa shape index (κ2) is 7.77. The number of aliphatic hydroxyl groups excluding tert-OH is 1. The molecule has 0 amide bonds. The Hall–Kier alpha value is -3.26. The van der Waals surface area contributed by atoms with E-state index in [-0.39, 0.29) is 18.6 Å². The van der Waals surface area contributed by atoms with Crippen LogP contribution < -0.4 is 25.6 Å². The van der Waals surface area contributed by atoms with Gasteiger partial charge in [-0.2, -0.15) is 0 Å². The van der Waals surface area contributed by atoms with Gasteiger partial charge < -0.3 is 25.2 Å². The Bertz CT molecular complexity index is 1070. The number of ether oxygens (including phenoxy) is 3. The molecule has 0 unspecified atom stereocenters. The van der Waals surface area contributed by atoms with E-state index >= 15 is 0 Å². The van der Waals surface area contributed by atoms with Crippen molar-refractivity contribution < 1.29 is 19.3 Å². The molecule has 3 N–H and O–H groups in total. The minimum atomic E-state index is -0.421. The van der Waals surface area contributed by atoms with E-state index in [9.17, 15) is 4.79 Å². The molecule has 3 aromatic rings. The molecule has 148 valence electrons. The third-order valence-corrected chi connectivity index (χ3v) is 4.45. The molecule has 3 rings (SSSR count). The monoisotopic (exact) mass is 385 g/mol. The molecule has 8 heteroatoms. The fraction of sp³-hybridized carbons (Fsp3) is 0.300. The first-order valence-electron chi connectivity index (χ1n) is 8.70. The number of hydrogen-bond acceptors (Lipinski definition) is 7. The lowest BCUT2D eigenvalue weighted by atomic mass is 10.0. The van der Waals surface area contributed by atoms with Crippen molar-refractivity contribution in [2.75, 3.05) is 33.3 Å². The fourth-order valence-corrected chi connectivity index (χ4v) is 3.20. The van der Waals surface area contributed by atoms with Crippen LogP contribution in [0.3, 0.4) is 0 Å². The van der Waals surface area contributed by atoms with Gasteiger partial charge in [-0.3, -0.25) is 4.79 Å². The van der Waals surface area contributed by atoms with Gasteiger partial charge in [0.25, 0.3) is 5.56 Å². The van der Waals surface area contributed by atoms with Gasteiger partial charge in [0, 0.05) is 17.7 Å². The lowest BCUT2D eigenvalue weighted by Gasteiger charge is -2.16. The lowest BCUT2D eigenvalue weighted by molar-refractivity contribution is 0.200. The number of aromatic nitrogens is 2. The highest BCUT2D eigenvalue weighted by molar-refractivity contribution is 5.87. The molecule has 0 aliphatic heterocycles. The number of fused-ring (bicyclic) bond motifs is 1. The zero-order valence-electron chi connectivity index (χ0n) is 16.3. The Morgan fingerprint density at radius 3 is 2.36 bits per heavy atom. The van der Waals surface area contributed by atoms with E-state index < -0.39 is 5.56 Å². The molecule has 0 saturated heterocycles. The summed E-state index contributed by atoms with van der Waals surface area (Å²) in [6.45, 7) is 3.90. The van der Waals surface area contributed by atoms with Gasteiger partial charge in [0.15, 0.2) is 5.82 Å². The highest BCUT2D eigenvalue weighted by atomic mass is 16.5. The summed E-state index contributed by atoms with van der Waals surface area (Å²) in [5.74, 6) is 7.95. The van der Waals surface area contributed by atoms with Crippen LogP contribution in [0.1, 0.15) is 11.1 Å². The molecule has 0 spiro atoms. The van der Waals surface area contributed by atoms with Crippen molar-refractivity contribution in [1.29, 1.82) is 0 Å². The number of aliphatic hydroxyl groups is 1. The van der Waals surface area contributed by atoms with E-state index in [0.29, 0.717) is 34.2 Å². The van der Waals surface area contributed by atoms with Crippen LogP contribution in [0.15, 0.2) is 29.1 Å². The first-order chi connectivity index (χ1) is 13.4. The number of nitrogen functional groups attached to an aromatic ring is 1. The van der Waals surface area contributed by atoms with Crippen molar-refractivity contribution in [3.63, 3.8) is 0 Å². The number of rotatable bonds is 6. The van der Waals surface area contributed by atoms with E-state index in [4.69, 9.17) is 25.2 Å². The molecule has 0 bridgehead atoms. The average molecular weight is 385 g/mol. The normalized spacial score (nSPS) is 10.9. The molecule has 8 nitrogen and oxygen atoms in total. The lowest BCUT2D eigenvalue weighted by Crippen LogP contribution is -2.30. The Balaban J connectivity index is 2.24. The first kappa shape index (κ1) is 19.5. The summed E-state index contributed by atoms with van der Waals surface area (Å²) in [5, 5.41) is 9.27. The summed E-state index contributed by atoms with van der Waals surface area (Å²) < 4.78 is 17.2. The summed E-state index contributed by atoms with van der Waals surface area (Å²) in [6, 6.07) is 6.97. The summed E-state index contributed by atoms with van der Waals surface area (Å²) >= 11 is 0. The Morgan fingerprint density at radius 2 is 1.79 bits per heavy atom. The van der Waals surface area contributed by atoms with Gasteiger partial charge in [-0.1, -0.05) is 0 Å². The number of aryl methyl sites for hydroxylation is 2. The van der Waals surface area contributed by atoms with E-state index in [0.717, 1.165) is 15.8 Å². The van der Waals surface area contributed by atoms with Gasteiger partial charge in [-0.15, -0.1) is 0 Å². The molecule has 28 heavy (non-hydrogen) atoms. The van der Waals surface area contributed by atoms with Gasteiger partial charge in [-0.25, -0.2) is 9.66 Å². The van der Waals surface area contributed by atoms with Gasteiger partial charge in [-0.05, 0) is 37.1 Å². The first-order valence-corrected chi connectivity index (χ1v) is 8.70. The van der Waals surface area contributed by atoms with Crippen LogP contribution in [0.5, 0.6) is 17.2 Å². The van der Waals surface area contributed by atoms with Crippen molar-refractivity contribution in [2.24, 2.45) is 0 Å². The molecule has 0 fully saturated rings. The van der Waals surface area contributed by atoms with Crippen LogP contribution in [0, 0.1) is 13.8 Å². The third-order valence-electron chi connectivity index (χ3n) is 4.45. The smallest absolute Gasteiger partial charge is 0.283 e. The maximum absolute atomic E-state index is 12.9. The van der Waals surface area contributed by atoms with Crippen molar-refractivity contribution in [3.8, 4) is 28.6 Å². The van der Waals surface area contributed by atoms with E-state index in [1.807, 2.05) is 26.0 Å². The Kier molecular flexibility index (Phi) is 5.41. The molecular formula is C20H23N3O5. The van der Waals surface area contributed by atoms with Crippen LogP contribution in [-0.4, -0.2) is 42.2 Å². The molecule has 1 aromatic heterocycles. The SMILES string of the molecule is COc1cc(OC)c2c(=O)n(N)c(-c3cc(C)c(OCCO)c(C)c3)nc2c1. The number of hydrogen-bond donors (Lipinski definition) is 2. The van der Waals surface area contributed by atoms with Gasteiger partial charge in [0.05, 0.1) is 26.3 Å². The summed E-state index contributed by atoms with van der Waals surface area (Å²) in [5.41, 5.74) is 2.38. The van der Waals surface area contributed by atoms with Crippen molar-refractivity contribution >= 4 is 10.9 Å². The van der Waals surface area contributed by atoms with E-state index in [1.54, 1.807) is 12.1 Å². The third kappa shape index (κ3) is 3.34. The van der Waals surface area contributed by atoms with Gasteiger partial charge in [0.1, 0.15) is 29.2 Å². The topological polar surface area (TPSA) is 109 Å². The van der Waals surface area contributed by atoms with Gasteiger partial charge in [0.2, 0.25) is 0 Å². The Labute approximate surface area is 162 Å². The number of nitrogens with two attached hydrogens (primary N) is 1. The highest BCUT2D eigenvalue weighted by Gasteiger charge is 2.18. The second-order valence-electron chi connectivity index (χ2n) is 6.35. The van der Waals surface area contributed by atoms with Crippen molar-refractivity contribution in [2.45, 2.75) is 13.8 Å². The maximum atomic E-state index is 12.9.